The second-order valence-electron chi connectivity index (χ2n) is 3.48. The Hall–Kier alpha value is -1.60. The summed E-state index contributed by atoms with van der Waals surface area (Å²) in [6.07, 6.45) is 2.47. The van der Waals surface area contributed by atoms with Gasteiger partial charge in [-0.05, 0) is 36.4 Å². The van der Waals surface area contributed by atoms with Crippen molar-refractivity contribution in [1.82, 2.24) is 19.7 Å². The molecule has 0 amide bonds. The lowest BCUT2D eigenvalue weighted by atomic mass is 10.2. The molecule has 0 aliphatic carbocycles. The molecule has 7 heteroatoms. The molecule has 0 fully saturated rings. The van der Waals surface area contributed by atoms with E-state index in [0.29, 0.717) is 11.7 Å². The maximum absolute atomic E-state index is 11.2. The number of hydrogen-bond donors (Lipinski definition) is 2. The van der Waals surface area contributed by atoms with E-state index in [-0.39, 0.29) is 5.69 Å². The highest BCUT2D eigenvalue weighted by atomic mass is 32.2. The van der Waals surface area contributed by atoms with Gasteiger partial charge in [-0.2, -0.15) is 0 Å². The summed E-state index contributed by atoms with van der Waals surface area (Å²) in [6, 6.07) is 3.85. The van der Waals surface area contributed by atoms with Crippen LogP contribution in [-0.4, -0.2) is 26.3 Å². The van der Waals surface area contributed by atoms with Crippen LogP contribution in [0.5, 0.6) is 0 Å². The highest BCUT2D eigenvalue weighted by molar-refractivity contribution is 7.99. The number of pyridine rings is 1. The monoisotopic (exact) mass is 251 g/mol. The highest BCUT2D eigenvalue weighted by Crippen LogP contribution is 2.25. The number of nitrogens with two attached hydrogens (primary N) is 1. The van der Waals surface area contributed by atoms with Crippen molar-refractivity contribution in [3.05, 3.63) is 34.4 Å². The van der Waals surface area contributed by atoms with Crippen molar-refractivity contribution in [3.8, 4) is 0 Å². The first-order chi connectivity index (χ1) is 8.22. The van der Waals surface area contributed by atoms with Crippen LogP contribution in [0.15, 0.2) is 33.3 Å². The van der Waals surface area contributed by atoms with Crippen LogP contribution >= 0.6 is 11.8 Å². The molecule has 0 aliphatic rings. The van der Waals surface area contributed by atoms with E-state index in [1.807, 2.05) is 12.1 Å². The molecule has 2 heterocycles. The molecule has 2 aromatic heterocycles. The van der Waals surface area contributed by atoms with Gasteiger partial charge in [-0.3, -0.25) is 4.57 Å². The molecular weight excluding hydrogens is 238 g/mol. The lowest BCUT2D eigenvalue weighted by Gasteiger charge is -2.05. The minimum Gasteiger partial charge on any atom is -0.330 e. The fourth-order valence-electron chi connectivity index (χ4n) is 1.37. The standard InChI is InChI=1S/C10H13N5OS/c1-15-9(16)13-14-10(15)17-8-7(4-5-11)3-2-6-12-8/h2-3,6H,4-5,11H2,1H3,(H,13,16). The fraction of sp³-hybridized carbons (Fsp3) is 0.300. The van der Waals surface area contributed by atoms with Crippen molar-refractivity contribution in [2.24, 2.45) is 12.8 Å². The number of rotatable bonds is 4. The van der Waals surface area contributed by atoms with Crippen LogP contribution in [0.2, 0.25) is 0 Å². The van der Waals surface area contributed by atoms with E-state index in [2.05, 4.69) is 15.2 Å². The molecule has 0 saturated heterocycles. The summed E-state index contributed by atoms with van der Waals surface area (Å²) in [6.45, 7) is 0.568. The van der Waals surface area contributed by atoms with Crippen molar-refractivity contribution < 1.29 is 0 Å². The van der Waals surface area contributed by atoms with Crippen molar-refractivity contribution in [2.45, 2.75) is 16.6 Å². The van der Waals surface area contributed by atoms with Crippen molar-refractivity contribution >= 4 is 11.8 Å². The number of aromatic amines is 1. The van der Waals surface area contributed by atoms with Gasteiger partial charge in [-0.15, -0.1) is 5.10 Å². The Balaban J connectivity index is 2.29. The zero-order valence-electron chi connectivity index (χ0n) is 9.38. The largest absolute Gasteiger partial charge is 0.343 e. The smallest absolute Gasteiger partial charge is 0.330 e. The predicted octanol–water partition coefficient (Wildman–Crippen LogP) is 0.156. The molecule has 2 aromatic rings. The van der Waals surface area contributed by atoms with E-state index in [9.17, 15) is 4.79 Å². The molecular formula is C10H13N5OS. The Morgan fingerprint density at radius 3 is 3.06 bits per heavy atom. The van der Waals surface area contributed by atoms with Gasteiger partial charge in [0.15, 0.2) is 5.16 Å². The first kappa shape index (κ1) is 11.9. The summed E-state index contributed by atoms with van der Waals surface area (Å²) in [5, 5.41) is 7.74. The third-order valence-corrected chi connectivity index (χ3v) is 3.40. The molecule has 0 bridgehead atoms. The Morgan fingerprint density at radius 2 is 2.41 bits per heavy atom. The first-order valence-corrected chi connectivity index (χ1v) is 5.97. The molecule has 6 nitrogen and oxygen atoms in total. The predicted molar refractivity (Wildman–Crippen MR) is 64.9 cm³/mol. The SMILES string of the molecule is Cn1c(Sc2ncccc2CCN)n[nH]c1=O. The summed E-state index contributed by atoms with van der Waals surface area (Å²) in [4.78, 5) is 15.5. The van der Waals surface area contributed by atoms with E-state index >= 15 is 0 Å². The van der Waals surface area contributed by atoms with Crippen LogP contribution in [0.3, 0.4) is 0 Å². The zero-order valence-corrected chi connectivity index (χ0v) is 10.2. The van der Waals surface area contributed by atoms with Gasteiger partial charge < -0.3 is 5.73 Å². The van der Waals surface area contributed by atoms with Gasteiger partial charge in [0.25, 0.3) is 0 Å². The van der Waals surface area contributed by atoms with Gasteiger partial charge in [0.05, 0.1) is 0 Å². The molecule has 0 saturated carbocycles. The second-order valence-corrected chi connectivity index (χ2v) is 4.43. The molecule has 0 spiro atoms. The number of H-pyrrole nitrogens is 1. The summed E-state index contributed by atoms with van der Waals surface area (Å²) < 4.78 is 1.45. The Labute approximate surface area is 102 Å². The van der Waals surface area contributed by atoms with Crippen molar-refractivity contribution in [2.75, 3.05) is 6.54 Å². The van der Waals surface area contributed by atoms with Gasteiger partial charge >= 0.3 is 5.69 Å². The molecule has 0 unspecified atom stereocenters. The number of nitrogens with zero attached hydrogens (tertiary/aromatic N) is 3. The molecule has 90 valence electrons. The van der Waals surface area contributed by atoms with Crippen LogP contribution in [0.1, 0.15) is 5.56 Å². The average Bonchev–Trinajstić information content (AvgIpc) is 2.64. The quantitative estimate of drug-likeness (QED) is 0.807. The lowest BCUT2D eigenvalue weighted by Crippen LogP contribution is -2.13. The minimum atomic E-state index is -0.233. The lowest BCUT2D eigenvalue weighted by molar-refractivity contribution is 0.763. The molecule has 0 atom stereocenters. The summed E-state index contributed by atoms with van der Waals surface area (Å²) >= 11 is 1.36. The Morgan fingerprint density at radius 1 is 1.59 bits per heavy atom. The Bertz CT molecular complexity index is 562. The molecule has 17 heavy (non-hydrogen) atoms. The van der Waals surface area contributed by atoms with Crippen molar-refractivity contribution in [3.63, 3.8) is 0 Å². The first-order valence-electron chi connectivity index (χ1n) is 5.15. The van der Waals surface area contributed by atoms with Crippen LogP contribution in [-0.2, 0) is 13.5 Å². The van der Waals surface area contributed by atoms with Gasteiger partial charge in [0, 0.05) is 13.2 Å². The van der Waals surface area contributed by atoms with E-state index in [0.717, 1.165) is 17.0 Å². The summed E-state index contributed by atoms with van der Waals surface area (Å²) in [5.74, 6) is 0. The number of nitrogens with one attached hydrogen (secondary N) is 1. The molecule has 3 N–H and O–H groups in total. The van der Waals surface area contributed by atoms with Crippen LogP contribution in [0, 0.1) is 0 Å². The Kier molecular flexibility index (Phi) is 3.60. The van der Waals surface area contributed by atoms with Crippen LogP contribution < -0.4 is 11.4 Å². The van der Waals surface area contributed by atoms with E-state index in [4.69, 9.17) is 5.73 Å². The van der Waals surface area contributed by atoms with E-state index < -0.39 is 0 Å². The number of aromatic nitrogens is 4. The molecule has 0 aromatic carbocycles. The zero-order chi connectivity index (χ0) is 12.3. The van der Waals surface area contributed by atoms with Gasteiger partial charge in [0.2, 0.25) is 0 Å². The third-order valence-electron chi connectivity index (χ3n) is 2.29. The molecule has 0 radical (unpaired) electrons. The van der Waals surface area contributed by atoms with Gasteiger partial charge in [0.1, 0.15) is 5.03 Å². The van der Waals surface area contributed by atoms with Crippen molar-refractivity contribution in [1.29, 1.82) is 0 Å². The van der Waals surface area contributed by atoms with E-state index in [1.54, 1.807) is 13.2 Å². The fourth-order valence-corrected chi connectivity index (χ4v) is 2.27. The molecule has 0 aliphatic heterocycles. The third kappa shape index (κ3) is 2.56. The van der Waals surface area contributed by atoms with Crippen LogP contribution in [0.25, 0.3) is 0 Å². The number of hydrogen-bond acceptors (Lipinski definition) is 5. The van der Waals surface area contributed by atoms with E-state index in [1.165, 1.54) is 16.3 Å². The maximum Gasteiger partial charge on any atom is 0.343 e. The summed E-state index contributed by atoms with van der Waals surface area (Å²) in [5.41, 5.74) is 6.38. The van der Waals surface area contributed by atoms with Crippen LogP contribution in [0.4, 0.5) is 0 Å². The average molecular weight is 251 g/mol. The highest BCUT2D eigenvalue weighted by Gasteiger charge is 2.10. The topological polar surface area (TPSA) is 89.6 Å². The minimum absolute atomic E-state index is 0.233. The van der Waals surface area contributed by atoms with Gasteiger partial charge in [-0.1, -0.05) is 6.07 Å². The second kappa shape index (κ2) is 5.15. The normalized spacial score (nSPS) is 10.7. The summed E-state index contributed by atoms with van der Waals surface area (Å²) in [7, 11) is 1.67. The maximum atomic E-state index is 11.2. The van der Waals surface area contributed by atoms with Gasteiger partial charge in [-0.25, -0.2) is 14.9 Å². The molecule has 2 rings (SSSR count).